The molecule has 1 aliphatic rings. The van der Waals surface area contributed by atoms with E-state index in [1.165, 1.54) is 4.90 Å². The van der Waals surface area contributed by atoms with Gasteiger partial charge in [0.1, 0.15) is 6.54 Å². The molecule has 3 amide bonds. The van der Waals surface area contributed by atoms with Gasteiger partial charge in [0, 0.05) is 30.1 Å². The van der Waals surface area contributed by atoms with E-state index in [0.29, 0.717) is 10.6 Å². The van der Waals surface area contributed by atoms with E-state index >= 15 is 0 Å². The Hall–Kier alpha value is -0.520. The van der Waals surface area contributed by atoms with Crippen LogP contribution >= 0.6 is 23.6 Å². The van der Waals surface area contributed by atoms with E-state index in [1.807, 2.05) is 13.8 Å². The number of amides is 3. The van der Waals surface area contributed by atoms with Gasteiger partial charge in [-0.2, -0.15) is 0 Å². The summed E-state index contributed by atoms with van der Waals surface area (Å²) in [6.07, 6.45) is 0.905. The summed E-state index contributed by atoms with van der Waals surface area (Å²) in [4.78, 5) is 24.3. The first-order chi connectivity index (χ1) is 6.97. The van der Waals surface area contributed by atoms with Crippen molar-refractivity contribution in [2.24, 2.45) is 5.92 Å². The maximum absolute atomic E-state index is 11.6. The molecule has 0 radical (unpaired) electrons. The molecule has 1 unspecified atom stereocenters. The molecule has 86 valence electrons. The summed E-state index contributed by atoms with van der Waals surface area (Å²) in [6, 6.07) is -0.467. The molecule has 1 atom stereocenters. The van der Waals surface area contributed by atoms with Crippen LogP contribution in [0.2, 0.25) is 0 Å². The Balaban J connectivity index is 2.67. The van der Waals surface area contributed by atoms with Gasteiger partial charge in [0.25, 0.3) is 5.91 Å². The van der Waals surface area contributed by atoms with Gasteiger partial charge in [-0.05, 0) is 9.96 Å². The van der Waals surface area contributed by atoms with Gasteiger partial charge in [-0.25, -0.2) is 9.80 Å². The van der Waals surface area contributed by atoms with Gasteiger partial charge in [-0.3, -0.25) is 9.69 Å². The summed E-state index contributed by atoms with van der Waals surface area (Å²) >= 11 is 10.8. The van der Waals surface area contributed by atoms with Gasteiger partial charge < -0.3 is 0 Å². The van der Waals surface area contributed by atoms with Gasteiger partial charge in [-0.15, -0.1) is 0 Å². The molecule has 1 fully saturated rings. The summed E-state index contributed by atoms with van der Waals surface area (Å²) < 4.78 is 0.594. The Morgan fingerprint density at radius 3 is 2.47 bits per heavy atom. The van der Waals surface area contributed by atoms with Gasteiger partial charge in [-0.1, -0.05) is 20.3 Å². The Bertz CT molecular complexity index is 273. The van der Waals surface area contributed by atoms with Crippen LogP contribution < -0.4 is 0 Å². The topological polar surface area (TPSA) is 43.9 Å². The number of carbonyl (C=O) groups is 2. The van der Waals surface area contributed by atoms with Gasteiger partial charge in [0.05, 0.1) is 0 Å². The number of imide groups is 1. The van der Waals surface area contributed by atoms with Crippen molar-refractivity contribution in [2.75, 3.05) is 13.1 Å². The van der Waals surface area contributed by atoms with Crippen LogP contribution in [0.25, 0.3) is 0 Å². The van der Waals surface area contributed by atoms with Crippen LogP contribution in [0, 0.1) is 5.92 Å². The number of hydrogen-bond acceptors (Lipinski definition) is 3. The molecule has 5 nitrogen and oxygen atoms in total. The molecule has 0 aliphatic carbocycles. The van der Waals surface area contributed by atoms with Crippen molar-refractivity contribution in [1.29, 1.82) is 0 Å². The Morgan fingerprint density at radius 2 is 2.07 bits per heavy atom. The lowest BCUT2D eigenvalue weighted by molar-refractivity contribution is -0.125. The van der Waals surface area contributed by atoms with Crippen LogP contribution in [0.3, 0.4) is 0 Å². The molecule has 0 spiro atoms. The number of rotatable bonds is 4. The predicted octanol–water partition coefficient (Wildman–Crippen LogP) is 1.82. The van der Waals surface area contributed by atoms with Crippen molar-refractivity contribution in [3.8, 4) is 0 Å². The Labute approximate surface area is 98.7 Å². The van der Waals surface area contributed by atoms with Crippen LogP contribution in [0.5, 0.6) is 0 Å². The molecule has 0 saturated carbocycles. The van der Waals surface area contributed by atoms with E-state index in [1.54, 1.807) is 0 Å². The number of urea groups is 1. The first-order valence-corrected chi connectivity index (χ1v) is 5.38. The standard InChI is InChI=1S/C8H13Cl2N3O2/c1-3-6(2)4-11-7(14)5-12(8(11)15)13(9)10/h6H,3-5H2,1-2H3. The summed E-state index contributed by atoms with van der Waals surface area (Å²) in [5.41, 5.74) is 0. The molecule has 1 rings (SSSR count). The van der Waals surface area contributed by atoms with Crippen LogP contribution in [0.4, 0.5) is 4.79 Å². The minimum atomic E-state index is -0.467. The summed E-state index contributed by atoms with van der Waals surface area (Å²) in [5, 5.41) is 0.980. The number of hydrazine groups is 1. The Morgan fingerprint density at radius 1 is 1.47 bits per heavy atom. The highest BCUT2D eigenvalue weighted by atomic mass is 35.5. The SMILES string of the molecule is CCC(C)CN1C(=O)CN(N(Cl)Cl)C1=O. The number of nitrogens with zero attached hydrogens (tertiary/aromatic N) is 3. The molecule has 15 heavy (non-hydrogen) atoms. The highest BCUT2D eigenvalue weighted by Gasteiger charge is 2.39. The minimum absolute atomic E-state index is 0.0950. The molecular formula is C8H13Cl2N3O2. The van der Waals surface area contributed by atoms with Crippen molar-refractivity contribution >= 4 is 35.5 Å². The fourth-order valence-corrected chi connectivity index (χ4v) is 1.50. The molecule has 0 aromatic rings. The third-order valence-electron chi connectivity index (χ3n) is 2.41. The highest BCUT2D eigenvalue weighted by Crippen LogP contribution is 2.18. The third kappa shape index (κ3) is 2.74. The fourth-order valence-electron chi connectivity index (χ4n) is 1.27. The zero-order chi connectivity index (χ0) is 11.6. The van der Waals surface area contributed by atoms with E-state index in [2.05, 4.69) is 0 Å². The van der Waals surface area contributed by atoms with Crippen molar-refractivity contribution < 1.29 is 9.59 Å². The van der Waals surface area contributed by atoms with Gasteiger partial charge in [0.15, 0.2) is 0 Å². The zero-order valence-corrected chi connectivity index (χ0v) is 10.1. The highest BCUT2D eigenvalue weighted by molar-refractivity contribution is 6.34. The van der Waals surface area contributed by atoms with Crippen molar-refractivity contribution in [2.45, 2.75) is 20.3 Å². The van der Waals surface area contributed by atoms with Crippen LogP contribution in [0.15, 0.2) is 0 Å². The molecule has 1 saturated heterocycles. The van der Waals surface area contributed by atoms with E-state index in [4.69, 9.17) is 23.6 Å². The lowest BCUT2D eigenvalue weighted by Crippen LogP contribution is -2.38. The first kappa shape index (κ1) is 12.5. The van der Waals surface area contributed by atoms with E-state index < -0.39 is 6.03 Å². The maximum Gasteiger partial charge on any atom is 0.343 e. The smallest absolute Gasteiger partial charge is 0.272 e. The lowest BCUT2D eigenvalue weighted by Gasteiger charge is -2.20. The monoisotopic (exact) mass is 253 g/mol. The quantitative estimate of drug-likeness (QED) is 0.567. The fraction of sp³-hybridized carbons (Fsp3) is 0.750. The predicted molar refractivity (Wildman–Crippen MR) is 56.8 cm³/mol. The molecule has 1 aliphatic heterocycles. The summed E-state index contributed by atoms with van der Waals surface area (Å²) in [7, 11) is 0. The van der Waals surface area contributed by atoms with Crippen molar-refractivity contribution in [1.82, 2.24) is 14.0 Å². The molecule has 0 aromatic heterocycles. The lowest BCUT2D eigenvalue weighted by atomic mass is 10.1. The van der Waals surface area contributed by atoms with Crippen LogP contribution in [0.1, 0.15) is 20.3 Å². The molecule has 7 heteroatoms. The van der Waals surface area contributed by atoms with Crippen LogP contribution in [-0.2, 0) is 4.79 Å². The van der Waals surface area contributed by atoms with E-state index in [0.717, 1.165) is 11.4 Å². The van der Waals surface area contributed by atoms with E-state index in [9.17, 15) is 9.59 Å². The second-order valence-corrected chi connectivity index (χ2v) is 4.39. The molecular weight excluding hydrogens is 241 g/mol. The Kier molecular flexibility index (Phi) is 4.19. The molecule has 0 N–H and O–H groups in total. The summed E-state index contributed by atoms with van der Waals surface area (Å²) in [5.74, 6) is 0.00329. The second kappa shape index (κ2) is 5.01. The number of carbonyl (C=O) groups excluding carboxylic acids is 2. The number of hydrogen-bond donors (Lipinski definition) is 0. The minimum Gasteiger partial charge on any atom is -0.272 e. The summed E-state index contributed by atoms with van der Waals surface area (Å²) in [6.45, 7) is 4.29. The molecule has 0 aromatic carbocycles. The second-order valence-electron chi connectivity index (χ2n) is 3.57. The maximum atomic E-state index is 11.6. The largest absolute Gasteiger partial charge is 0.343 e. The normalized spacial score (nSPS) is 19.3. The van der Waals surface area contributed by atoms with Gasteiger partial charge in [0.2, 0.25) is 0 Å². The molecule has 1 heterocycles. The third-order valence-corrected chi connectivity index (χ3v) is 2.78. The van der Waals surface area contributed by atoms with Crippen molar-refractivity contribution in [3.05, 3.63) is 0 Å². The average Bonchev–Trinajstić information content (AvgIpc) is 2.45. The van der Waals surface area contributed by atoms with Crippen LogP contribution in [-0.4, -0.2) is 39.0 Å². The van der Waals surface area contributed by atoms with E-state index in [-0.39, 0.29) is 18.4 Å². The van der Waals surface area contributed by atoms with Crippen molar-refractivity contribution in [3.63, 3.8) is 0 Å². The first-order valence-electron chi connectivity index (χ1n) is 4.70. The number of halogens is 2. The average molecular weight is 254 g/mol. The zero-order valence-electron chi connectivity index (χ0n) is 8.61. The van der Waals surface area contributed by atoms with Gasteiger partial charge >= 0.3 is 6.03 Å². The molecule has 0 bridgehead atoms.